The predicted molar refractivity (Wildman–Crippen MR) is 83.7 cm³/mol. The first-order valence-electron chi connectivity index (χ1n) is 7.27. The minimum Gasteiger partial charge on any atom is -0.398 e. The number of halogens is 1. The second-order valence-corrected chi connectivity index (χ2v) is 6.51. The number of nitrogens with zero attached hydrogens (tertiary/aromatic N) is 1. The Morgan fingerprint density at radius 1 is 1.35 bits per heavy atom. The molecule has 2 unspecified atom stereocenters. The molecule has 0 aliphatic carbocycles. The molecule has 4 heteroatoms. The maximum atomic E-state index is 12.3. The Bertz CT molecular complexity index is 479. The molecule has 20 heavy (non-hydrogen) atoms. The number of likely N-dealkylation sites (tertiary alicyclic amines) is 1. The highest BCUT2D eigenvalue weighted by atomic mass is 35.5. The number of hydrogen-bond acceptors (Lipinski definition) is 2. The van der Waals surface area contributed by atoms with E-state index in [2.05, 4.69) is 13.8 Å². The summed E-state index contributed by atoms with van der Waals surface area (Å²) in [6.07, 6.45) is 2.48. The highest BCUT2D eigenvalue weighted by molar-refractivity contribution is 6.33. The van der Waals surface area contributed by atoms with Crippen LogP contribution in [0.3, 0.4) is 0 Å². The lowest BCUT2D eigenvalue weighted by Crippen LogP contribution is -2.42. The Morgan fingerprint density at radius 3 is 2.60 bits per heavy atom. The van der Waals surface area contributed by atoms with Gasteiger partial charge in [-0.1, -0.05) is 31.5 Å². The van der Waals surface area contributed by atoms with E-state index in [0.717, 1.165) is 25.1 Å². The molecule has 3 nitrogen and oxygen atoms in total. The van der Waals surface area contributed by atoms with Gasteiger partial charge in [0, 0.05) is 19.5 Å². The van der Waals surface area contributed by atoms with Crippen molar-refractivity contribution in [2.75, 3.05) is 18.8 Å². The van der Waals surface area contributed by atoms with Gasteiger partial charge < -0.3 is 10.6 Å². The Balaban J connectivity index is 1.89. The van der Waals surface area contributed by atoms with Crippen LogP contribution in [0.2, 0.25) is 5.02 Å². The zero-order chi connectivity index (χ0) is 14.7. The normalized spacial score (nSPS) is 22.9. The van der Waals surface area contributed by atoms with Crippen LogP contribution in [0.5, 0.6) is 0 Å². The number of nitrogens with two attached hydrogens (primary N) is 1. The van der Waals surface area contributed by atoms with Crippen molar-refractivity contribution in [3.63, 3.8) is 0 Å². The van der Waals surface area contributed by atoms with Gasteiger partial charge in [-0.05, 0) is 42.4 Å². The van der Waals surface area contributed by atoms with Gasteiger partial charge in [0.15, 0.2) is 0 Å². The van der Waals surface area contributed by atoms with Crippen molar-refractivity contribution >= 4 is 23.2 Å². The van der Waals surface area contributed by atoms with Gasteiger partial charge in [-0.15, -0.1) is 0 Å². The van der Waals surface area contributed by atoms with Gasteiger partial charge in [-0.25, -0.2) is 0 Å². The molecular formula is C16H23ClN2O. The van der Waals surface area contributed by atoms with Gasteiger partial charge in [0.2, 0.25) is 5.91 Å². The summed E-state index contributed by atoms with van der Waals surface area (Å²) in [4.78, 5) is 14.3. The number of piperidine rings is 1. The van der Waals surface area contributed by atoms with Gasteiger partial charge in [0.25, 0.3) is 0 Å². The lowest BCUT2D eigenvalue weighted by Gasteiger charge is -2.35. The van der Waals surface area contributed by atoms with E-state index in [9.17, 15) is 4.79 Å². The van der Waals surface area contributed by atoms with Gasteiger partial charge in [-0.3, -0.25) is 4.79 Å². The summed E-state index contributed by atoms with van der Waals surface area (Å²) in [6.45, 7) is 6.23. The summed E-state index contributed by atoms with van der Waals surface area (Å²) in [5.74, 6) is 1.46. The largest absolute Gasteiger partial charge is 0.398 e. The van der Waals surface area contributed by atoms with Crippen LogP contribution in [-0.4, -0.2) is 23.9 Å². The maximum Gasteiger partial charge on any atom is 0.222 e. The maximum absolute atomic E-state index is 12.3. The van der Waals surface area contributed by atoms with Gasteiger partial charge >= 0.3 is 0 Å². The van der Waals surface area contributed by atoms with E-state index >= 15 is 0 Å². The Hall–Kier alpha value is -1.22. The van der Waals surface area contributed by atoms with E-state index in [1.165, 1.54) is 6.42 Å². The van der Waals surface area contributed by atoms with Crippen LogP contribution in [0, 0.1) is 11.8 Å². The average molecular weight is 295 g/mol. The molecule has 0 saturated carbocycles. The summed E-state index contributed by atoms with van der Waals surface area (Å²) < 4.78 is 0. The fraction of sp³-hybridized carbons (Fsp3) is 0.562. The molecular weight excluding hydrogens is 272 g/mol. The molecule has 110 valence electrons. The molecule has 2 rings (SSSR count). The summed E-state index contributed by atoms with van der Waals surface area (Å²) in [5, 5.41) is 0.568. The second-order valence-electron chi connectivity index (χ2n) is 6.10. The number of aryl methyl sites for hydroxylation is 1. The smallest absolute Gasteiger partial charge is 0.222 e. The molecule has 1 fully saturated rings. The highest BCUT2D eigenvalue weighted by Gasteiger charge is 2.24. The summed E-state index contributed by atoms with van der Waals surface area (Å²) in [6, 6.07) is 5.59. The third-order valence-electron chi connectivity index (χ3n) is 3.91. The number of hydrogen-bond donors (Lipinski definition) is 1. The van der Waals surface area contributed by atoms with E-state index in [4.69, 9.17) is 17.3 Å². The number of amides is 1. The number of anilines is 1. The Kier molecular flexibility index (Phi) is 4.92. The van der Waals surface area contributed by atoms with Gasteiger partial charge in [-0.2, -0.15) is 0 Å². The number of carbonyl (C=O) groups is 1. The monoisotopic (exact) mass is 294 g/mol. The van der Waals surface area contributed by atoms with Crippen molar-refractivity contribution < 1.29 is 4.79 Å². The number of nitrogen functional groups attached to an aromatic ring is 1. The third-order valence-corrected chi connectivity index (χ3v) is 4.25. The zero-order valence-electron chi connectivity index (χ0n) is 12.2. The number of benzene rings is 1. The minimum atomic E-state index is 0.247. The van der Waals surface area contributed by atoms with Crippen LogP contribution < -0.4 is 5.73 Å². The Labute approximate surface area is 126 Å². The summed E-state index contributed by atoms with van der Waals surface area (Å²) >= 11 is 5.90. The highest BCUT2D eigenvalue weighted by Crippen LogP contribution is 2.23. The molecule has 2 atom stereocenters. The number of carbonyl (C=O) groups excluding carboxylic acids is 1. The number of rotatable bonds is 3. The molecule has 0 bridgehead atoms. The fourth-order valence-corrected chi connectivity index (χ4v) is 3.14. The summed E-state index contributed by atoms with van der Waals surface area (Å²) in [7, 11) is 0. The van der Waals surface area contributed by atoms with Crippen molar-refractivity contribution in [3.8, 4) is 0 Å². The van der Waals surface area contributed by atoms with Gasteiger partial charge in [0.1, 0.15) is 0 Å². The lowest BCUT2D eigenvalue weighted by molar-refractivity contribution is -0.133. The van der Waals surface area contributed by atoms with Crippen LogP contribution in [0.4, 0.5) is 5.69 Å². The van der Waals surface area contributed by atoms with Crippen LogP contribution >= 0.6 is 11.6 Å². The standard InChI is InChI=1S/C16H23ClN2O/c1-11-7-12(2)10-19(9-11)16(20)6-4-13-3-5-14(17)15(18)8-13/h3,5,8,11-12H,4,6-7,9-10,18H2,1-2H3. The van der Waals surface area contributed by atoms with Crippen molar-refractivity contribution in [3.05, 3.63) is 28.8 Å². The van der Waals surface area contributed by atoms with Crippen molar-refractivity contribution in [2.45, 2.75) is 33.1 Å². The predicted octanol–water partition coefficient (Wildman–Crippen LogP) is 3.36. The van der Waals surface area contributed by atoms with E-state index in [1.807, 2.05) is 17.0 Å². The van der Waals surface area contributed by atoms with Crippen molar-refractivity contribution in [1.82, 2.24) is 4.90 Å². The molecule has 0 aromatic heterocycles. The van der Waals surface area contributed by atoms with Crippen LogP contribution in [0.15, 0.2) is 18.2 Å². The van der Waals surface area contributed by atoms with E-state index < -0.39 is 0 Å². The topological polar surface area (TPSA) is 46.3 Å². The van der Waals surface area contributed by atoms with Crippen LogP contribution in [0.25, 0.3) is 0 Å². The van der Waals surface area contributed by atoms with E-state index in [1.54, 1.807) is 6.07 Å². The van der Waals surface area contributed by atoms with Crippen LogP contribution in [0.1, 0.15) is 32.3 Å². The molecule has 1 saturated heterocycles. The molecule has 0 radical (unpaired) electrons. The SMILES string of the molecule is CC1CC(C)CN(C(=O)CCc2ccc(Cl)c(N)c2)C1. The minimum absolute atomic E-state index is 0.247. The zero-order valence-corrected chi connectivity index (χ0v) is 13.0. The van der Waals surface area contributed by atoms with Crippen molar-refractivity contribution in [2.24, 2.45) is 11.8 Å². The first kappa shape index (κ1) is 15.2. The molecule has 1 amide bonds. The molecule has 1 aliphatic heterocycles. The third kappa shape index (κ3) is 3.89. The lowest BCUT2D eigenvalue weighted by atomic mass is 9.91. The first-order chi connectivity index (χ1) is 9.45. The van der Waals surface area contributed by atoms with Crippen LogP contribution in [-0.2, 0) is 11.2 Å². The molecule has 0 spiro atoms. The van der Waals surface area contributed by atoms with Gasteiger partial charge in [0.05, 0.1) is 10.7 Å². The molecule has 2 N–H and O–H groups in total. The average Bonchev–Trinajstić information content (AvgIpc) is 2.38. The second kappa shape index (κ2) is 6.49. The van der Waals surface area contributed by atoms with E-state index in [0.29, 0.717) is 29.0 Å². The molecule has 1 heterocycles. The molecule has 1 aromatic rings. The molecule has 1 aliphatic rings. The quantitative estimate of drug-likeness (QED) is 0.869. The van der Waals surface area contributed by atoms with Crippen molar-refractivity contribution in [1.29, 1.82) is 0 Å². The Morgan fingerprint density at radius 2 is 2.00 bits per heavy atom. The first-order valence-corrected chi connectivity index (χ1v) is 7.65. The van der Waals surface area contributed by atoms with E-state index in [-0.39, 0.29) is 5.91 Å². The summed E-state index contributed by atoms with van der Waals surface area (Å²) in [5.41, 5.74) is 7.43. The fourth-order valence-electron chi connectivity index (χ4n) is 3.02. The molecule has 1 aromatic carbocycles.